The number of amides is 1. The van der Waals surface area contributed by atoms with Crippen LogP contribution < -0.4 is 10.5 Å². The molecule has 0 saturated carbocycles. The summed E-state index contributed by atoms with van der Waals surface area (Å²) in [7, 11) is 0. The number of halogens is 1. The van der Waals surface area contributed by atoms with E-state index in [1.165, 1.54) is 5.56 Å². The number of nitrogens with two attached hydrogens (primary N) is 1. The average molecular weight is 341 g/mol. The fourth-order valence-electron chi connectivity index (χ4n) is 2.72. The van der Waals surface area contributed by atoms with Crippen LogP contribution in [0.1, 0.15) is 50.7 Å². The highest BCUT2D eigenvalue weighted by atomic mass is 35.5. The van der Waals surface area contributed by atoms with Crippen molar-refractivity contribution in [2.75, 3.05) is 13.1 Å². The highest BCUT2D eigenvalue weighted by Crippen LogP contribution is 2.25. The minimum absolute atomic E-state index is 0. The summed E-state index contributed by atoms with van der Waals surface area (Å²) in [5, 5.41) is 0. The Hall–Kier alpha value is -1.26. The third-order valence-corrected chi connectivity index (χ3v) is 4.38. The Kier molecular flexibility index (Phi) is 7.36. The molecule has 1 unspecified atom stereocenters. The molecule has 0 aliphatic carbocycles. The second-order valence-electron chi connectivity index (χ2n) is 6.60. The third kappa shape index (κ3) is 5.11. The Morgan fingerprint density at radius 2 is 1.87 bits per heavy atom. The molecule has 0 radical (unpaired) electrons. The maximum absolute atomic E-state index is 12.5. The summed E-state index contributed by atoms with van der Waals surface area (Å²) < 4.78 is 5.96. The van der Waals surface area contributed by atoms with E-state index in [0.29, 0.717) is 5.92 Å². The number of likely N-dealkylation sites (tertiary alicyclic amines) is 1. The van der Waals surface area contributed by atoms with Gasteiger partial charge < -0.3 is 15.4 Å². The van der Waals surface area contributed by atoms with Gasteiger partial charge >= 0.3 is 0 Å². The molecule has 23 heavy (non-hydrogen) atoms. The number of ether oxygens (including phenoxy) is 1. The van der Waals surface area contributed by atoms with E-state index in [1.807, 2.05) is 18.7 Å². The van der Waals surface area contributed by atoms with E-state index in [9.17, 15) is 4.79 Å². The summed E-state index contributed by atoms with van der Waals surface area (Å²) in [6.07, 6.45) is 1.29. The Morgan fingerprint density at radius 3 is 2.43 bits per heavy atom. The SMILES string of the molecule is Cc1ccc(C(C)C)cc1OC(C)C(=O)N1CCC(N)CC1.Cl. The van der Waals surface area contributed by atoms with Crippen LogP contribution in [-0.2, 0) is 4.79 Å². The number of nitrogens with zero attached hydrogens (tertiary/aromatic N) is 1. The van der Waals surface area contributed by atoms with Crippen LogP contribution in [0.25, 0.3) is 0 Å². The van der Waals surface area contributed by atoms with Crippen LogP contribution in [0.4, 0.5) is 0 Å². The first-order valence-electron chi connectivity index (χ1n) is 8.20. The molecule has 4 nitrogen and oxygen atoms in total. The second kappa shape index (κ2) is 8.55. The number of carbonyl (C=O) groups excluding carboxylic acids is 1. The quantitative estimate of drug-likeness (QED) is 0.915. The van der Waals surface area contributed by atoms with Gasteiger partial charge in [0.25, 0.3) is 5.91 Å². The molecule has 1 aliphatic rings. The summed E-state index contributed by atoms with van der Waals surface area (Å²) in [4.78, 5) is 14.4. The first kappa shape index (κ1) is 19.8. The summed E-state index contributed by atoms with van der Waals surface area (Å²) in [5.41, 5.74) is 8.18. The highest BCUT2D eigenvalue weighted by molar-refractivity contribution is 5.85. The van der Waals surface area contributed by atoms with Gasteiger partial charge in [0.1, 0.15) is 5.75 Å². The maximum atomic E-state index is 12.5. The van der Waals surface area contributed by atoms with E-state index < -0.39 is 6.10 Å². The van der Waals surface area contributed by atoms with Gasteiger partial charge in [-0.25, -0.2) is 0 Å². The zero-order valence-electron chi connectivity index (χ0n) is 14.5. The molecule has 1 saturated heterocycles. The van der Waals surface area contributed by atoms with Gasteiger partial charge in [0.15, 0.2) is 6.10 Å². The number of hydrogen-bond acceptors (Lipinski definition) is 3. The van der Waals surface area contributed by atoms with Crippen LogP contribution in [0.2, 0.25) is 0 Å². The normalized spacial score (nSPS) is 16.9. The zero-order chi connectivity index (χ0) is 16.3. The van der Waals surface area contributed by atoms with Gasteiger partial charge in [-0.05, 0) is 49.8 Å². The van der Waals surface area contributed by atoms with E-state index >= 15 is 0 Å². The largest absolute Gasteiger partial charge is 0.481 e. The molecule has 1 aromatic rings. The Morgan fingerprint density at radius 1 is 1.26 bits per heavy atom. The first-order chi connectivity index (χ1) is 10.4. The third-order valence-electron chi connectivity index (χ3n) is 4.38. The van der Waals surface area contributed by atoms with E-state index in [2.05, 4.69) is 32.0 Å². The van der Waals surface area contributed by atoms with Crippen molar-refractivity contribution in [2.24, 2.45) is 5.73 Å². The van der Waals surface area contributed by atoms with Gasteiger partial charge in [-0.2, -0.15) is 0 Å². The van der Waals surface area contributed by atoms with Gasteiger partial charge in [-0.1, -0.05) is 26.0 Å². The summed E-state index contributed by atoms with van der Waals surface area (Å²) in [6.45, 7) is 9.62. The lowest BCUT2D eigenvalue weighted by Crippen LogP contribution is -2.47. The van der Waals surface area contributed by atoms with Gasteiger partial charge in [0.2, 0.25) is 0 Å². The monoisotopic (exact) mass is 340 g/mol. The first-order valence-corrected chi connectivity index (χ1v) is 8.20. The van der Waals surface area contributed by atoms with Crippen LogP contribution in [0, 0.1) is 6.92 Å². The molecule has 0 spiro atoms. The summed E-state index contributed by atoms with van der Waals surface area (Å²) in [6, 6.07) is 6.45. The number of carbonyl (C=O) groups is 1. The molecule has 2 N–H and O–H groups in total. The second-order valence-corrected chi connectivity index (χ2v) is 6.60. The fourth-order valence-corrected chi connectivity index (χ4v) is 2.72. The van der Waals surface area contributed by atoms with Crippen LogP contribution >= 0.6 is 12.4 Å². The molecule has 2 rings (SSSR count). The van der Waals surface area contributed by atoms with E-state index in [-0.39, 0.29) is 24.4 Å². The molecular formula is C18H29ClN2O2. The molecule has 1 atom stereocenters. The zero-order valence-corrected chi connectivity index (χ0v) is 15.4. The van der Waals surface area contributed by atoms with E-state index in [1.54, 1.807) is 0 Å². The number of hydrogen-bond donors (Lipinski definition) is 1. The molecule has 0 aromatic heterocycles. The minimum Gasteiger partial charge on any atom is -0.481 e. The van der Waals surface area contributed by atoms with Crippen LogP contribution in [0.5, 0.6) is 5.75 Å². The highest BCUT2D eigenvalue weighted by Gasteiger charge is 2.26. The predicted octanol–water partition coefficient (Wildman–Crippen LogP) is 3.26. The van der Waals surface area contributed by atoms with Crippen LogP contribution in [0.3, 0.4) is 0 Å². The van der Waals surface area contributed by atoms with Gasteiger partial charge in [-0.3, -0.25) is 4.79 Å². The molecule has 5 heteroatoms. The van der Waals surface area contributed by atoms with E-state index in [4.69, 9.17) is 10.5 Å². The van der Waals surface area contributed by atoms with Crippen molar-refractivity contribution in [3.63, 3.8) is 0 Å². The van der Waals surface area contributed by atoms with Crippen molar-refractivity contribution in [2.45, 2.75) is 58.6 Å². The maximum Gasteiger partial charge on any atom is 0.263 e. The molecule has 1 heterocycles. The Bertz CT molecular complexity index is 526. The topological polar surface area (TPSA) is 55.6 Å². The van der Waals surface area contributed by atoms with Crippen molar-refractivity contribution in [3.05, 3.63) is 29.3 Å². The van der Waals surface area contributed by atoms with Crippen molar-refractivity contribution in [3.8, 4) is 5.75 Å². The van der Waals surface area contributed by atoms with E-state index in [0.717, 1.165) is 37.2 Å². The van der Waals surface area contributed by atoms with Crippen LogP contribution in [-0.4, -0.2) is 36.0 Å². The van der Waals surface area contributed by atoms with Crippen molar-refractivity contribution in [1.29, 1.82) is 0 Å². The molecular weight excluding hydrogens is 312 g/mol. The lowest BCUT2D eigenvalue weighted by Gasteiger charge is -2.32. The molecule has 130 valence electrons. The van der Waals surface area contributed by atoms with Crippen molar-refractivity contribution < 1.29 is 9.53 Å². The Balaban J connectivity index is 0.00000264. The number of piperidine rings is 1. The summed E-state index contributed by atoms with van der Waals surface area (Å²) in [5.74, 6) is 1.31. The number of benzene rings is 1. The van der Waals surface area contributed by atoms with Crippen LogP contribution in [0.15, 0.2) is 18.2 Å². The molecule has 1 aliphatic heterocycles. The lowest BCUT2D eigenvalue weighted by molar-refractivity contribution is -0.139. The number of aryl methyl sites for hydroxylation is 1. The fraction of sp³-hybridized carbons (Fsp3) is 0.611. The molecule has 1 amide bonds. The summed E-state index contributed by atoms with van der Waals surface area (Å²) >= 11 is 0. The molecule has 1 aromatic carbocycles. The lowest BCUT2D eigenvalue weighted by atomic mass is 10.0. The minimum atomic E-state index is -0.463. The Labute approximate surface area is 145 Å². The molecule has 1 fully saturated rings. The standard InChI is InChI=1S/C18H28N2O2.ClH/c1-12(2)15-6-5-13(3)17(11-15)22-14(4)18(21)20-9-7-16(19)8-10-20;/h5-6,11-12,14,16H,7-10,19H2,1-4H3;1H. The molecule has 0 bridgehead atoms. The number of rotatable bonds is 4. The van der Waals surface area contributed by atoms with Crippen molar-refractivity contribution >= 4 is 18.3 Å². The smallest absolute Gasteiger partial charge is 0.263 e. The predicted molar refractivity (Wildman–Crippen MR) is 96.4 cm³/mol. The average Bonchev–Trinajstić information content (AvgIpc) is 2.49. The van der Waals surface area contributed by atoms with Gasteiger partial charge in [0, 0.05) is 19.1 Å². The van der Waals surface area contributed by atoms with Gasteiger partial charge in [-0.15, -0.1) is 12.4 Å². The van der Waals surface area contributed by atoms with Gasteiger partial charge in [0.05, 0.1) is 0 Å². The van der Waals surface area contributed by atoms with Crippen molar-refractivity contribution in [1.82, 2.24) is 4.90 Å².